The standard InChI is InChI=1S/C21H21NO2S/c1-2-15-5-7-22(14-15)8-6-19(23)17-4-3-16-13-21-20(12-18(16)11-17)24-9-10-25-21/h1,3-4,11-13,15H,5-10,14H2. The number of Topliss-reactive ketones (excluding diaryl/α,β-unsaturated/α-hetero) is 1. The Morgan fingerprint density at radius 3 is 3.08 bits per heavy atom. The monoisotopic (exact) mass is 351 g/mol. The molecule has 3 nitrogen and oxygen atoms in total. The normalized spacial score (nSPS) is 20.0. The van der Waals surface area contributed by atoms with Crippen LogP contribution in [0.5, 0.6) is 5.75 Å². The fourth-order valence-electron chi connectivity index (χ4n) is 3.53. The van der Waals surface area contributed by atoms with Gasteiger partial charge >= 0.3 is 0 Å². The molecule has 2 heterocycles. The molecule has 0 radical (unpaired) electrons. The summed E-state index contributed by atoms with van der Waals surface area (Å²) in [7, 11) is 0. The Balaban J connectivity index is 1.47. The molecule has 0 spiro atoms. The molecule has 0 aromatic heterocycles. The van der Waals surface area contributed by atoms with Crippen molar-refractivity contribution in [2.24, 2.45) is 5.92 Å². The first-order valence-corrected chi connectivity index (χ1v) is 9.76. The Bertz CT molecular complexity index is 855. The van der Waals surface area contributed by atoms with Crippen molar-refractivity contribution in [1.29, 1.82) is 0 Å². The number of ketones is 1. The highest BCUT2D eigenvalue weighted by Gasteiger charge is 2.21. The fraction of sp³-hybridized carbons (Fsp3) is 0.381. The van der Waals surface area contributed by atoms with E-state index < -0.39 is 0 Å². The number of likely N-dealkylation sites (tertiary alicyclic amines) is 1. The van der Waals surface area contributed by atoms with E-state index in [1.54, 1.807) is 0 Å². The largest absolute Gasteiger partial charge is 0.492 e. The predicted molar refractivity (Wildman–Crippen MR) is 102 cm³/mol. The van der Waals surface area contributed by atoms with Crippen LogP contribution in [-0.2, 0) is 0 Å². The number of fused-ring (bicyclic) bond motifs is 2. The maximum absolute atomic E-state index is 12.6. The van der Waals surface area contributed by atoms with Gasteiger partial charge in [-0.25, -0.2) is 0 Å². The van der Waals surface area contributed by atoms with Crippen LogP contribution in [0.25, 0.3) is 10.8 Å². The second kappa shape index (κ2) is 7.11. The maximum atomic E-state index is 12.6. The Morgan fingerprint density at radius 1 is 1.32 bits per heavy atom. The summed E-state index contributed by atoms with van der Waals surface area (Å²) in [6, 6.07) is 10.2. The third-order valence-electron chi connectivity index (χ3n) is 4.99. The molecular weight excluding hydrogens is 330 g/mol. The molecule has 1 fully saturated rings. The molecule has 2 aliphatic heterocycles. The Labute approximate surface area is 152 Å². The third kappa shape index (κ3) is 3.53. The molecule has 0 saturated carbocycles. The summed E-state index contributed by atoms with van der Waals surface area (Å²) in [5, 5.41) is 2.23. The molecule has 1 unspecified atom stereocenters. The zero-order valence-corrected chi connectivity index (χ0v) is 15.0. The summed E-state index contributed by atoms with van der Waals surface area (Å²) in [6.07, 6.45) is 7.08. The van der Waals surface area contributed by atoms with Gasteiger partial charge in [0.15, 0.2) is 5.78 Å². The van der Waals surface area contributed by atoms with Gasteiger partial charge in [-0.1, -0.05) is 12.1 Å². The van der Waals surface area contributed by atoms with Crippen molar-refractivity contribution in [2.45, 2.75) is 17.7 Å². The number of ether oxygens (including phenoxy) is 1. The second-order valence-corrected chi connectivity index (χ2v) is 7.82. The van der Waals surface area contributed by atoms with E-state index in [2.05, 4.69) is 23.0 Å². The van der Waals surface area contributed by atoms with Crippen molar-refractivity contribution in [3.05, 3.63) is 35.9 Å². The van der Waals surface area contributed by atoms with Gasteiger partial charge in [0.25, 0.3) is 0 Å². The lowest BCUT2D eigenvalue weighted by Gasteiger charge is -2.17. The molecular formula is C21H21NO2S. The number of carbonyl (C=O) groups excluding carboxylic acids is 1. The molecule has 4 heteroatoms. The van der Waals surface area contributed by atoms with Crippen LogP contribution in [-0.4, -0.2) is 42.7 Å². The number of hydrogen-bond acceptors (Lipinski definition) is 4. The topological polar surface area (TPSA) is 29.5 Å². The van der Waals surface area contributed by atoms with Gasteiger partial charge in [-0.15, -0.1) is 24.1 Å². The van der Waals surface area contributed by atoms with E-state index >= 15 is 0 Å². The van der Waals surface area contributed by atoms with Gasteiger partial charge in [0.2, 0.25) is 0 Å². The number of rotatable bonds is 4. The lowest BCUT2D eigenvalue weighted by atomic mass is 10.0. The molecule has 0 N–H and O–H groups in total. The van der Waals surface area contributed by atoms with Gasteiger partial charge in [-0.2, -0.15) is 0 Å². The van der Waals surface area contributed by atoms with Crippen molar-refractivity contribution < 1.29 is 9.53 Å². The SMILES string of the molecule is C#CC1CCN(CCC(=O)c2ccc3cc4c(cc3c2)OCCS4)C1. The van der Waals surface area contributed by atoms with Crippen molar-refractivity contribution in [3.63, 3.8) is 0 Å². The minimum atomic E-state index is 0.194. The second-order valence-electron chi connectivity index (χ2n) is 6.68. The maximum Gasteiger partial charge on any atom is 0.164 e. The van der Waals surface area contributed by atoms with E-state index in [4.69, 9.17) is 11.2 Å². The van der Waals surface area contributed by atoms with Gasteiger partial charge in [-0.05, 0) is 41.9 Å². The van der Waals surface area contributed by atoms with Crippen molar-refractivity contribution >= 4 is 28.3 Å². The van der Waals surface area contributed by atoms with E-state index in [0.29, 0.717) is 12.3 Å². The van der Waals surface area contributed by atoms with Gasteiger partial charge in [0.05, 0.1) is 11.5 Å². The quantitative estimate of drug-likeness (QED) is 0.618. The fourth-order valence-corrected chi connectivity index (χ4v) is 4.39. The number of thioether (sulfide) groups is 1. The molecule has 4 rings (SSSR count). The lowest BCUT2D eigenvalue weighted by molar-refractivity contribution is 0.0968. The van der Waals surface area contributed by atoms with E-state index in [9.17, 15) is 4.79 Å². The molecule has 2 aliphatic rings. The van der Waals surface area contributed by atoms with Gasteiger partial charge < -0.3 is 9.64 Å². The molecule has 25 heavy (non-hydrogen) atoms. The van der Waals surface area contributed by atoms with Crippen LogP contribution < -0.4 is 4.74 Å². The molecule has 2 aromatic carbocycles. The summed E-state index contributed by atoms with van der Waals surface area (Å²) >= 11 is 1.83. The molecule has 2 aromatic rings. The summed E-state index contributed by atoms with van der Waals surface area (Å²) in [4.78, 5) is 16.1. The first kappa shape index (κ1) is 16.5. The lowest BCUT2D eigenvalue weighted by Crippen LogP contribution is -2.23. The van der Waals surface area contributed by atoms with Gasteiger partial charge in [0, 0.05) is 36.7 Å². The van der Waals surface area contributed by atoms with Gasteiger partial charge in [-0.3, -0.25) is 4.79 Å². The van der Waals surface area contributed by atoms with Crippen molar-refractivity contribution in [2.75, 3.05) is 32.0 Å². The molecule has 0 aliphatic carbocycles. The van der Waals surface area contributed by atoms with Crippen molar-refractivity contribution in [3.8, 4) is 18.1 Å². The Morgan fingerprint density at radius 2 is 2.24 bits per heavy atom. The molecule has 1 saturated heterocycles. The molecule has 1 atom stereocenters. The van der Waals surface area contributed by atoms with Crippen LogP contribution in [0.15, 0.2) is 35.2 Å². The van der Waals surface area contributed by atoms with E-state index in [1.165, 1.54) is 4.90 Å². The number of hydrogen-bond donors (Lipinski definition) is 0. The van der Waals surface area contributed by atoms with Crippen LogP contribution in [0.1, 0.15) is 23.2 Å². The number of terminal acetylenes is 1. The molecule has 0 bridgehead atoms. The zero-order valence-electron chi connectivity index (χ0n) is 14.2. The van der Waals surface area contributed by atoms with Crippen LogP contribution in [0.3, 0.4) is 0 Å². The summed E-state index contributed by atoms with van der Waals surface area (Å²) in [5.41, 5.74) is 0.781. The highest BCUT2D eigenvalue weighted by Crippen LogP contribution is 2.36. The first-order chi connectivity index (χ1) is 12.2. The van der Waals surface area contributed by atoms with E-state index in [1.807, 2.05) is 30.0 Å². The van der Waals surface area contributed by atoms with Crippen LogP contribution >= 0.6 is 11.8 Å². The van der Waals surface area contributed by atoms with Gasteiger partial charge in [0.1, 0.15) is 5.75 Å². The minimum absolute atomic E-state index is 0.194. The number of benzene rings is 2. The molecule has 0 amide bonds. The average Bonchev–Trinajstić information content (AvgIpc) is 3.12. The zero-order chi connectivity index (χ0) is 17.2. The number of nitrogens with zero attached hydrogens (tertiary/aromatic N) is 1. The highest BCUT2D eigenvalue weighted by molar-refractivity contribution is 7.99. The van der Waals surface area contributed by atoms with E-state index in [0.717, 1.165) is 60.5 Å². The predicted octanol–water partition coefficient (Wildman–Crippen LogP) is 3.85. The smallest absolute Gasteiger partial charge is 0.164 e. The minimum Gasteiger partial charge on any atom is -0.492 e. The average molecular weight is 351 g/mol. The summed E-state index contributed by atoms with van der Waals surface area (Å²) in [5.74, 6) is 5.29. The molecule has 128 valence electrons. The van der Waals surface area contributed by atoms with Crippen LogP contribution in [0.4, 0.5) is 0 Å². The highest BCUT2D eigenvalue weighted by atomic mass is 32.2. The third-order valence-corrected chi connectivity index (χ3v) is 5.99. The number of carbonyl (C=O) groups is 1. The first-order valence-electron chi connectivity index (χ1n) is 8.78. The van der Waals surface area contributed by atoms with E-state index in [-0.39, 0.29) is 5.78 Å². The summed E-state index contributed by atoms with van der Waals surface area (Å²) in [6.45, 7) is 3.46. The van der Waals surface area contributed by atoms with Crippen molar-refractivity contribution in [1.82, 2.24) is 4.90 Å². The van der Waals surface area contributed by atoms with Crippen LogP contribution in [0, 0.1) is 18.3 Å². The Kier molecular flexibility index (Phi) is 4.70. The Hall–Kier alpha value is -1.96. The summed E-state index contributed by atoms with van der Waals surface area (Å²) < 4.78 is 5.74. The van der Waals surface area contributed by atoms with Crippen LogP contribution in [0.2, 0.25) is 0 Å².